The smallest absolute Gasteiger partial charge is 0.271 e. The Morgan fingerprint density at radius 3 is 2.83 bits per heavy atom. The zero-order valence-corrected chi connectivity index (χ0v) is 12.4. The number of hydrogen-bond donors (Lipinski definition) is 0. The SMILES string of the molecule is O=[N+]([O-])c1ccc2c(c1)-n1c(nnc1-c1ccccc1Cl)CO2. The summed E-state index contributed by atoms with van der Waals surface area (Å²) >= 11 is 6.25. The Bertz CT molecular complexity index is 938. The lowest BCUT2D eigenvalue weighted by Gasteiger charge is -2.20. The summed E-state index contributed by atoms with van der Waals surface area (Å²) in [5, 5.41) is 19.9. The molecular formula is C15H9ClN4O3. The first-order valence-corrected chi connectivity index (χ1v) is 7.14. The molecular weight excluding hydrogens is 320 g/mol. The zero-order chi connectivity index (χ0) is 16.0. The number of nitro groups is 1. The molecule has 1 aliphatic heterocycles. The quantitative estimate of drug-likeness (QED) is 0.532. The van der Waals surface area contributed by atoms with Crippen LogP contribution >= 0.6 is 11.6 Å². The van der Waals surface area contributed by atoms with Gasteiger partial charge in [-0.3, -0.25) is 14.7 Å². The number of halogens is 1. The van der Waals surface area contributed by atoms with E-state index in [0.29, 0.717) is 33.7 Å². The van der Waals surface area contributed by atoms with E-state index in [1.807, 2.05) is 18.2 Å². The number of hydrogen-bond acceptors (Lipinski definition) is 5. The monoisotopic (exact) mass is 328 g/mol. The number of ether oxygens (including phenoxy) is 1. The minimum absolute atomic E-state index is 0.0287. The Labute approximate surface area is 135 Å². The number of fused-ring (bicyclic) bond motifs is 3. The van der Waals surface area contributed by atoms with Crippen molar-refractivity contribution >= 4 is 17.3 Å². The molecule has 8 heteroatoms. The van der Waals surface area contributed by atoms with Crippen LogP contribution in [0.2, 0.25) is 5.02 Å². The van der Waals surface area contributed by atoms with Gasteiger partial charge in [0.15, 0.2) is 11.6 Å². The van der Waals surface area contributed by atoms with Crippen LogP contribution < -0.4 is 4.74 Å². The molecule has 0 saturated carbocycles. The van der Waals surface area contributed by atoms with E-state index in [9.17, 15) is 10.1 Å². The summed E-state index contributed by atoms with van der Waals surface area (Å²) in [7, 11) is 0. The lowest BCUT2D eigenvalue weighted by atomic mass is 10.2. The zero-order valence-electron chi connectivity index (χ0n) is 11.6. The van der Waals surface area contributed by atoms with Crippen LogP contribution in [0.25, 0.3) is 17.1 Å². The van der Waals surface area contributed by atoms with E-state index in [1.54, 1.807) is 16.7 Å². The molecule has 2 aromatic carbocycles. The molecule has 1 aromatic heterocycles. The normalized spacial score (nSPS) is 12.2. The third-order valence-electron chi connectivity index (χ3n) is 3.60. The molecule has 114 valence electrons. The van der Waals surface area contributed by atoms with E-state index in [4.69, 9.17) is 16.3 Å². The van der Waals surface area contributed by atoms with E-state index in [0.717, 1.165) is 0 Å². The Morgan fingerprint density at radius 1 is 1.22 bits per heavy atom. The van der Waals surface area contributed by atoms with Gasteiger partial charge in [0, 0.05) is 17.7 Å². The Morgan fingerprint density at radius 2 is 2.04 bits per heavy atom. The summed E-state index contributed by atoms with van der Waals surface area (Å²) in [5.41, 5.74) is 1.20. The minimum atomic E-state index is -0.450. The van der Waals surface area contributed by atoms with Gasteiger partial charge in [0.1, 0.15) is 12.4 Å². The maximum absolute atomic E-state index is 11.0. The van der Waals surface area contributed by atoms with Crippen molar-refractivity contribution in [1.29, 1.82) is 0 Å². The molecule has 0 N–H and O–H groups in total. The maximum Gasteiger partial charge on any atom is 0.271 e. The average Bonchev–Trinajstić information content (AvgIpc) is 2.99. The van der Waals surface area contributed by atoms with Crippen LogP contribution in [0, 0.1) is 10.1 Å². The van der Waals surface area contributed by atoms with Gasteiger partial charge >= 0.3 is 0 Å². The second kappa shape index (κ2) is 5.06. The van der Waals surface area contributed by atoms with Crippen LogP contribution in [0.1, 0.15) is 5.82 Å². The van der Waals surface area contributed by atoms with Gasteiger partial charge in [0.05, 0.1) is 15.6 Å². The molecule has 0 saturated heterocycles. The van der Waals surface area contributed by atoms with Gasteiger partial charge in [-0.1, -0.05) is 23.7 Å². The highest BCUT2D eigenvalue weighted by molar-refractivity contribution is 6.33. The Hall–Kier alpha value is -2.93. The van der Waals surface area contributed by atoms with Crippen molar-refractivity contribution in [1.82, 2.24) is 14.8 Å². The molecule has 2 heterocycles. The first kappa shape index (κ1) is 13.7. The van der Waals surface area contributed by atoms with Crippen LogP contribution in [0.5, 0.6) is 5.75 Å². The first-order valence-electron chi connectivity index (χ1n) is 6.76. The van der Waals surface area contributed by atoms with E-state index in [2.05, 4.69) is 10.2 Å². The van der Waals surface area contributed by atoms with Gasteiger partial charge < -0.3 is 4.74 Å². The van der Waals surface area contributed by atoms with Crippen molar-refractivity contribution < 1.29 is 9.66 Å². The van der Waals surface area contributed by atoms with Crippen LogP contribution in [0.4, 0.5) is 5.69 Å². The number of nitrogens with zero attached hydrogens (tertiary/aromatic N) is 4. The number of benzene rings is 2. The second-order valence-corrected chi connectivity index (χ2v) is 5.36. The van der Waals surface area contributed by atoms with Gasteiger partial charge in [-0.2, -0.15) is 0 Å². The van der Waals surface area contributed by atoms with Gasteiger partial charge in [0.2, 0.25) is 0 Å². The Kier molecular flexibility index (Phi) is 3.02. The first-order chi connectivity index (χ1) is 11.1. The molecule has 1 aliphatic rings. The van der Waals surface area contributed by atoms with Gasteiger partial charge in [0.25, 0.3) is 5.69 Å². The lowest BCUT2D eigenvalue weighted by Crippen LogP contribution is -2.14. The van der Waals surface area contributed by atoms with Crippen molar-refractivity contribution in [3.63, 3.8) is 0 Å². The molecule has 7 nitrogen and oxygen atoms in total. The maximum atomic E-state index is 11.0. The predicted molar refractivity (Wildman–Crippen MR) is 82.8 cm³/mol. The molecule has 0 spiro atoms. The molecule has 3 aromatic rings. The van der Waals surface area contributed by atoms with E-state index < -0.39 is 4.92 Å². The summed E-state index contributed by atoms with van der Waals surface area (Å²) in [6, 6.07) is 11.7. The van der Waals surface area contributed by atoms with E-state index >= 15 is 0 Å². The molecule has 0 amide bonds. The van der Waals surface area contributed by atoms with Crippen molar-refractivity contribution in [2.75, 3.05) is 0 Å². The predicted octanol–water partition coefficient (Wildman–Crippen LogP) is 3.39. The van der Waals surface area contributed by atoms with Crippen LogP contribution in [0.3, 0.4) is 0 Å². The van der Waals surface area contributed by atoms with Crippen molar-refractivity contribution in [2.24, 2.45) is 0 Å². The highest BCUT2D eigenvalue weighted by atomic mass is 35.5. The molecule has 0 fully saturated rings. The van der Waals surface area contributed by atoms with Crippen molar-refractivity contribution in [2.45, 2.75) is 6.61 Å². The number of non-ortho nitro benzene ring substituents is 1. The van der Waals surface area contributed by atoms with Crippen molar-refractivity contribution in [3.8, 4) is 22.8 Å². The molecule has 0 radical (unpaired) electrons. The fourth-order valence-corrected chi connectivity index (χ4v) is 2.76. The summed E-state index contributed by atoms with van der Waals surface area (Å²) in [5.74, 6) is 1.62. The molecule has 4 rings (SSSR count). The standard InChI is InChI=1S/C15H9ClN4O3/c16-11-4-2-1-3-10(11)15-18-17-14-8-23-13-6-5-9(20(21)22)7-12(13)19(14)15/h1-7H,8H2. The molecule has 0 aliphatic carbocycles. The summed E-state index contributed by atoms with van der Waals surface area (Å²) in [4.78, 5) is 10.6. The third-order valence-corrected chi connectivity index (χ3v) is 3.93. The van der Waals surface area contributed by atoms with Crippen molar-refractivity contribution in [3.05, 3.63) is 63.4 Å². The highest BCUT2D eigenvalue weighted by Crippen LogP contribution is 2.37. The lowest BCUT2D eigenvalue weighted by molar-refractivity contribution is -0.384. The van der Waals surface area contributed by atoms with Crippen LogP contribution in [0.15, 0.2) is 42.5 Å². The topological polar surface area (TPSA) is 83.1 Å². The third kappa shape index (κ3) is 2.13. The summed E-state index contributed by atoms with van der Waals surface area (Å²) in [6.07, 6.45) is 0. The van der Waals surface area contributed by atoms with Gasteiger partial charge in [-0.05, 0) is 18.2 Å². The Balaban J connectivity index is 1.97. The van der Waals surface area contributed by atoms with Gasteiger partial charge in [-0.15, -0.1) is 10.2 Å². The number of aromatic nitrogens is 3. The van der Waals surface area contributed by atoms with Crippen LogP contribution in [-0.4, -0.2) is 19.7 Å². The molecule has 0 bridgehead atoms. The fraction of sp³-hybridized carbons (Fsp3) is 0.0667. The summed E-state index contributed by atoms with van der Waals surface area (Å²) < 4.78 is 7.33. The second-order valence-electron chi connectivity index (χ2n) is 4.95. The fourth-order valence-electron chi connectivity index (χ4n) is 2.54. The number of rotatable bonds is 2. The number of nitro benzene ring substituents is 1. The summed E-state index contributed by atoms with van der Waals surface area (Å²) in [6.45, 7) is 0.238. The molecule has 23 heavy (non-hydrogen) atoms. The van der Waals surface area contributed by atoms with Crippen LogP contribution in [-0.2, 0) is 6.61 Å². The van der Waals surface area contributed by atoms with E-state index in [1.165, 1.54) is 12.1 Å². The molecule has 0 unspecified atom stereocenters. The largest absolute Gasteiger partial charge is 0.483 e. The highest BCUT2D eigenvalue weighted by Gasteiger charge is 2.26. The van der Waals surface area contributed by atoms with E-state index in [-0.39, 0.29) is 12.3 Å². The molecule has 0 atom stereocenters. The minimum Gasteiger partial charge on any atom is -0.483 e. The van der Waals surface area contributed by atoms with Gasteiger partial charge in [-0.25, -0.2) is 0 Å². The average molecular weight is 329 g/mol.